The molecule has 1 aliphatic rings. The zero-order valence-corrected chi connectivity index (χ0v) is 9.13. The Labute approximate surface area is 84.8 Å². The van der Waals surface area contributed by atoms with Crippen LogP contribution in [0.15, 0.2) is 0 Å². The van der Waals surface area contributed by atoms with Crippen molar-refractivity contribution in [3.8, 4) is 0 Å². The molecule has 1 aliphatic carbocycles. The molecule has 0 saturated heterocycles. The quantitative estimate of drug-likeness (QED) is 0.512. The second-order valence-electron chi connectivity index (χ2n) is 4.45. The molecule has 0 bridgehead atoms. The van der Waals surface area contributed by atoms with Crippen LogP contribution in [0.4, 0.5) is 0 Å². The minimum absolute atomic E-state index is 0.0607. The van der Waals surface area contributed by atoms with Gasteiger partial charge >= 0.3 is 5.97 Å². The highest BCUT2D eigenvalue weighted by atomic mass is 16.5. The molecule has 0 radical (unpaired) electrons. The summed E-state index contributed by atoms with van der Waals surface area (Å²) in [6.07, 6.45) is 2.78. The third kappa shape index (κ3) is 1.81. The van der Waals surface area contributed by atoms with Gasteiger partial charge in [-0.3, -0.25) is 9.59 Å². The van der Waals surface area contributed by atoms with E-state index < -0.39 is 5.41 Å². The van der Waals surface area contributed by atoms with E-state index >= 15 is 0 Å². The Kier molecular flexibility index (Phi) is 3.29. The van der Waals surface area contributed by atoms with Crippen molar-refractivity contribution in [3.63, 3.8) is 0 Å². The number of hydrogen-bond acceptors (Lipinski definition) is 3. The van der Waals surface area contributed by atoms with E-state index in [-0.39, 0.29) is 11.8 Å². The standard InChI is InChI=1S/C11H18O3/c1-8(2)7-9(12)11(5-4-6-11)10(13)14-3/h8H,4-7H2,1-3H3. The maximum Gasteiger partial charge on any atom is 0.319 e. The summed E-state index contributed by atoms with van der Waals surface area (Å²) in [5.74, 6) is 0.0321. The number of rotatable bonds is 4. The lowest BCUT2D eigenvalue weighted by atomic mass is 9.64. The maximum atomic E-state index is 11.9. The molecule has 0 aromatic heterocycles. The molecule has 0 unspecified atom stereocenters. The number of Topliss-reactive ketones (excluding diaryl/α,β-unsaturated/α-hetero) is 1. The molecule has 80 valence electrons. The molecule has 0 aromatic carbocycles. The van der Waals surface area contributed by atoms with Crippen LogP contribution in [-0.2, 0) is 14.3 Å². The minimum atomic E-state index is -0.779. The Hall–Kier alpha value is -0.860. The number of ketones is 1. The first-order valence-electron chi connectivity index (χ1n) is 5.14. The van der Waals surface area contributed by atoms with Gasteiger partial charge in [0, 0.05) is 6.42 Å². The third-order valence-corrected chi connectivity index (χ3v) is 2.91. The Balaban J connectivity index is 2.70. The Bertz CT molecular complexity index is 239. The molecule has 0 aliphatic heterocycles. The summed E-state index contributed by atoms with van der Waals surface area (Å²) in [4.78, 5) is 23.4. The lowest BCUT2D eigenvalue weighted by Gasteiger charge is -2.37. The van der Waals surface area contributed by atoms with E-state index in [0.717, 1.165) is 6.42 Å². The SMILES string of the molecule is COC(=O)C1(C(=O)CC(C)C)CCC1. The van der Waals surface area contributed by atoms with Crippen molar-refractivity contribution < 1.29 is 14.3 Å². The number of methoxy groups -OCH3 is 1. The van der Waals surface area contributed by atoms with Crippen LogP contribution in [0.25, 0.3) is 0 Å². The molecular weight excluding hydrogens is 180 g/mol. The van der Waals surface area contributed by atoms with Crippen molar-refractivity contribution >= 4 is 11.8 Å². The van der Waals surface area contributed by atoms with Gasteiger partial charge in [0.25, 0.3) is 0 Å². The third-order valence-electron chi connectivity index (χ3n) is 2.91. The van der Waals surface area contributed by atoms with Crippen molar-refractivity contribution in [2.45, 2.75) is 39.5 Å². The molecule has 0 amide bonds. The number of carbonyl (C=O) groups excluding carboxylic acids is 2. The van der Waals surface area contributed by atoms with E-state index in [1.165, 1.54) is 7.11 Å². The molecule has 1 rings (SSSR count). The minimum Gasteiger partial charge on any atom is -0.468 e. The predicted octanol–water partition coefficient (Wildman–Crippen LogP) is 1.94. The summed E-state index contributed by atoms with van der Waals surface area (Å²) in [6, 6.07) is 0. The zero-order valence-electron chi connectivity index (χ0n) is 9.13. The number of hydrogen-bond donors (Lipinski definition) is 0. The van der Waals surface area contributed by atoms with Gasteiger partial charge in [-0.25, -0.2) is 0 Å². The fourth-order valence-corrected chi connectivity index (χ4v) is 1.89. The highest BCUT2D eigenvalue weighted by Gasteiger charge is 2.51. The van der Waals surface area contributed by atoms with Crippen LogP contribution in [0, 0.1) is 11.3 Å². The summed E-state index contributed by atoms with van der Waals surface area (Å²) in [6.45, 7) is 3.98. The topological polar surface area (TPSA) is 43.4 Å². The fraction of sp³-hybridized carbons (Fsp3) is 0.818. The Morgan fingerprint density at radius 3 is 2.21 bits per heavy atom. The van der Waals surface area contributed by atoms with Gasteiger partial charge in [-0.2, -0.15) is 0 Å². The van der Waals surface area contributed by atoms with Crippen molar-refractivity contribution in [2.75, 3.05) is 7.11 Å². The fourth-order valence-electron chi connectivity index (χ4n) is 1.89. The average molecular weight is 198 g/mol. The van der Waals surface area contributed by atoms with E-state index in [1.807, 2.05) is 13.8 Å². The smallest absolute Gasteiger partial charge is 0.319 e. The Morgan fingerprint density at radius 1 is 1.36 bits per heavy atom. The van der Waals surface area contributed by atoms with Crippen LogP contribution < -0.4 is 0 Å². The molecule has 3 heteroatoms. The number of carbonyl (C=O) groups is 2. The maximum absolute atomic E-state index is 11.9. The van der Waals surface area contributed by atoms with Gasteiger partial charge in [-0.15, -0.1) is 0 Å². The van der Waals surface area contributed by atoms with Crippen LogP contribution in [-0.4, -0.2) is 18.9 Å². The van der Waals surface area contributed by atoms with E-state index in [9.17, 15) is 9.59 Å². The first kappa shape index (κ1) is 11.2. The summed E-state index contributed by atoms with van der Waals surface area (Å²) < 4.78 is 4.70. The first-order valence-corrected chi connectivity index (χ1v) is 5.14. The molecule has 0 atom stereocenters. The van der Waals surface area contributed by atoms with Gasteiger partial charge < -0.3 is 4.74 Å². The summed E-state index contributed by atoms with van der Waals surface area (Å²) in [5.41, 5.74) is -0.779. The summed E-state index contributed by atoms with van der Waals surface area (Å²) >= 11 is 0. The molecule has 3 nitrogen and oxygen atoms in total. The molecular formula is C11H18O3. The van der Waals surface area contributed by atoms with Crippen LogP contribution in [0.3, 0.4) is 0 Å². The molecule has 0 N–H and O–H groups in total. The number of ether oxygens (including phenoxy) is 1. The highest BCUT2D eigenvalue weighted by Crippen LogP contribution is 2.44. The van der Waals surface area contributed by atoms with Crippen LogP contribution >= 0.6 is 0 Å². The monoisotopic (exact) mass is 198 g/mol. The predicted molar refractivity (Wildman–Crippen MR) is 52.8 cm³/mol. The van der Waals surface area contributed by atoms with Gasteiger partial charge in [0.15, 0.2) is 0 Å². The largest absolute Gasteiger partial charge is 0.468 e. The van der Waals surface area contributed by atoms with Gasteiger partial charge in [0.2, 0.25) is 0 Å². The lowest BCUT2D eigenvalue weighted by Crippen LogP contribution is -2.46. The van der Waals surface area contributed by atoms with Crippen molar-refractivity contribution in [3.05, 3.63) is 0 Å². The molecule has 0 spiro atoms. The lowest BCUT2D eigenvalue weighted by molar-refractivity contribution is -0.164. The van der Waals surface area contributed by atoms with Crippen LogP contribution in [0.5, 0.6) is 0 Å². The van der Waals surface area contributed by atoms with Crippen molar-refractivity contribution in [1.29, 1.82) is 0 Å². The second-order valence-corrected chi connectivity index (χ2v) is 4.45. The van der Waals surface area contributed by atoms with Gasteiger partial charge in [0.1, 0.15) is 11.2 Å². The van der Waals surface area contributed by atoms with E-state index in [4.69, 9.17) is 4.74 Å². The van der Waals surface area contributed by atoms with Crippen molar-refractivity contribution in [1.82, 2.24) is 0 Å². The molecule has 1 fully saturated rings. The van der Waals surface area contributed by atoms with Crippen LogP contribution in [0.1, 0.15) is 39.5 Å². The molecule has 0 heterocycles. The average Bonchev–Trinajstić information content (AvgIpc) is 2.00. The number of esters is 1. The van der Waals surface area contributed by atoms with Gasteiger partial charge in [-0.05, 0) is 18.8 Å². The molecule has 14 heavy (non-hydrogen) atoms. The van der Waals surface area contributed by atoms with Gasteiger partial charge in [0.05, 0.1) is 7.11 Å². The van der Waals surface area contributed by atoms with Crippen LogP contribution in [0.2, 0.25) is 0 Å². The Morgan fingerprint density at radius 2 is 1.93 bits per heavy atom. The first-order chi connectivity index (χ1) is 6.53. The highest BCUT2D eigenvalue weighted by molar-refractivity contribution is 6.04. The van der Waals surface area contributed by atoms with E-state index in [0.29, 0.717) is 25.2 Å². The summed E-state index contributed by atoms with van der Waals surface area (Å²) in [5, 5.41) is 0. The normalized spacial score (nSPS) is 18.9. The molecule has 0 aromatic rings. The van der Waals surface area contributed by atoms with E-state index in [1.54, 1.807) is 0 Å². The van der Waals surface area contributed by atoms with Crippen molar-refractivity contribution in [2.24, 2.45) is 11.3 Å². The molecule has 1 saturated carbocycles. The zero-order chi connectivity index (χ0) is 10.8. The second kappa shape index (κ2) is 4.11. The summed E-state index contributed by atoms with van der Waals surface area (Å²) in [7, 11) is 1.35. The van der Waals surface area contributed by atoms with Gasteiger partial charge in [-0.1, -0.05) is 20.3 Å². The van der Waals surface area contributed by atoms with E-state index in [2.05, 4.69) is 0 Å².